The van der Waals surface area contributed by atoms with Crippen molar-refractivity contribution in [3.8, 4) is 0 Å². The Labute approximate surface area is 143 Å². The molecule has 2 aromatic rings. The van der Waals surface area contributed by atoms with Crippen LogP contribution in [0.15, 0.2) is 47.4 Å². The summed E-state index contributed by atoms with van der Waals surface area (Å²) in [6, 6.07) is 12.6. The van der Waals surface area contributed by atoms with E-state index >= 15 is 0 Å². The van der Waals surface area contributed by atoms with Gasteiger partial charge in [0.05, 0.1) is 10.6 Å². The molecule has 4 nitrogen and oxygen atoms in total. The Kier molecular flexibility index (Phi) is 5.78. The molecule has 0 aliphatic heterocycles. The molecule has 0 radical (unpaired) electrons. The summed E-state index contributed by atoms with van der Waals surface area (Å²) >= 11 is 0. The third-order valence-corrected chi connectivity index (χ3v) is 5.68. The van der Waals surface area contributed by atoms with E-state index in [2.05, 4.69) is 5.32 Å². The first-order valence-corrected chi connectivity index (χ1v) is 9.60. The summed E-state index contributed by atoms with van der Waals surface area (Å²) < 4.78 is 24.5. The van der Waals surface area contributed by atoms with Gasteiger partial charge in [-0.3, -0.25) is 4.79 Å². The van der Waals surface area contributed by atoms with Crippen molar-refractivity contribution in [1.82, 2.24) is 0 Å². The van der Waals surface area contributed by atoms with Crippen molar-refractivity contribution >= 4 is 21.4 Å². The van der Waals surface area contributed by atoms with Crippen molar-refractivity contribution in [1.29, 1.82) is 0 Å². The Bertz CT molecular complexity index is 824. The number of carbonyl (C=O) groups excluding carboxylic acids is 1. The first-order valence-electron chi connectivity index (χ1n) is 7.94. The topological polar surface area (TPSA) is 63.2 Å². The standard InChI is InChI=1S/C19H23NO3S/c1-14-7-10-17(11-8-14)24(22,23)12-4-5-19(21)20-18-13-15(2)6-9-16(18)3/h6-11,13H,4-5,12H2,1-3H3,(H,20,21). The maximum atomic E-state index is 12.3. The molecular weight excluding hydrogens is 322 g/mol. The summed E-state index contributed by atoms with van der Waals surface area (Å²) in [5.74, 6) is -0.196. The molecule has 24 heavy (non-hydrogen) atoms. The lowest BCUT2D eigenvalue weighted by Crippen LogP contribution is -2.15. The average molecular weight is 345 g/mol. The highest BCUT2D eigenvalue weighted by molar-refractivity contribution is 7.91. The normalized spacial score (nSPS) is 11.3. The minimum Gasteiger partial charge on any atom is -0.326 e. The highest BCUT2D eigenvalue weighted by Gasteiger charge is 2.15. The lowest BCUT2D eigenvalue weighted by atomic mass is 10.1. The number of rotatable bonds is 6. The maximum Gasteiger partial charge on any atom is 0.224 e. The van der Waals surface area contributed by atoms with Gasteiger partial charge in [-0.2, -0.15) is 0 Å². The fourth-order valence-electron chi connectivity index (χ4n) is 2.37. The fourth-order valence-corrected chi connectivity index (χ4v) is 3.68. The highest BCUT2D eigenvalue weighted by atomic mass is 32.2. The van der Waals surface area contributed by atoms with E-state index in [9.17, 15) is 13.2 Å². The second kappa shape index (κ2) is 7.62. The molecule has 0 aliphatic rings. The van der Waals surface area contributed by atoms with Crippen molar-refractivity contribution < 1.29 is 13.2 Å². The quantitative estimate of drug-likeness (QED) is 0.866. The zero-order valence-electron chi connectivity index (χ0n) is 14.3. The maximum absolute atomic E-state index is 12.3. The predicted octanol–water partition coefficient (Wildman–Crippen LogP) is 3.80. The number of anilines is 1. The van der Waals surface area contributed by atoms with Gasteiger partial charge in [0.25, 0.3) is 0 Å². The van der Waals surface area contributed by atoms with Crippen LogP contribution >= 0.6 is 0 Å². The molecule has 0 unspecified atom stereocenters. The molecule has 2 rings (SSSR count). The van der Waals surface area contributed by atoms with Gasteiger partial charge in [0.2, 0.25) is 5.91 Å². The van der Waals surface area contributed by atoms with Crippen LogP contribution in [0.2, 0.25) is 0 Å². The molecule has 0 saturated heterocycles. The second-order valence-electron chi connectivity index (χ2n) is 6.10. The van der Waals surface area contributed by atoms with Gasteiger partial charge in [0.15, 0.2) is 9.84 Å². The lowest BCUT2D eigenvalue weighted by molar-refractivity contribution is -0.116. The number of aryl methyl sites for hydroxylation is 3. The van der Waals surface area contributed by atoms with Gasteiger partial charge in [-0.15, -0.1) is 0 Å². The fraction of sp³-hybridized carbons (Fsp3) is 0.316. The van der Waals surface area contributed by atoms with Crippen LogP contribution in [0.1, 0.15) is 29.5 Å². The first-order chi connectivity index (χ1) is 11.3. The molecule has 0 aliphatic carbocycles. The molecule has 0 aromatic heterocycles. The van der Waals surface area contributed by atoms with E-state index in [4.69, 9.17) is 0 Å². The van der Waals surface area contributed by atoms with E-state index in [1.54, 1.807) is 24.3 Å². The molecule has 5 heteroatoms. The molecule has 0 atom stereocenters. The number of hydrogen-bond donors (Lipinski definition) is 1. The van der Waals surface area contributed by atoms with Crippen LogP contribution in [0, 0.1) is 20.8 Å². The van der Waals surface area contributed by atoms with Crippen molar-refractivity contribution in [2.75, 3.05) is 11.1 Å². The summed E-state index contributed by atoms with van der Waals surface area (Å²) in [6.07, 6.45) is 0.478. The molecule has 1 N–H and O–H groups in total. The van der Waals surface area contributed by atoms with E-state index in [-0.39, 0.29) is 18.1 Å². The van der Waals surface area contributed by atoms with Crippen LogP contribution < -0.4 is 5.32 Å². The van der Waals surface area contributed by atoms with Crippen LogP contribution in [-0.2, 0) is 14.6 Å². The number of carbonyl (C=O) groups is 1. The molecule has 0 bridgehead atoms. The largest absolute Gasteiger partial charge is 0.326 e. The third kappa shape index (κ3) is 4.93. The predicted molar refractivity (Wildman–Crippen MR) is 97.0 cm³/mol. The zero-order valence-corrected chi connectivity index (χ0v) is 15.1. The van der Waals surface area contributed by atoms with Crippen molar-refractivity contribution in [2.45, 2.75) is 38.5 Å². The molecular formula is C19H23NO3S. The summed E-state index contributed by atoms with van der Waals surface area (Å²) in [7, 11) is -3.34. The summed E-state index contributed by atoms with van der Waals surface area (Å²) in [5.41, 5.74) is 3.85. The number of benzene rings is 2. The Morgan fingerprint density at radius 1 is 0.958 bits per heavy atom. The molecule has 2 aromatic carbocycles. The summed E-state index contributed by atoms with van der Waals surface area (Å²) in [4.78, 5) is 12.3. The van der Waals surface area contributed by atoms with Gasteiger partial charge in [0.1, 0.15) is 0 Å². The average Bonchev–Trinajstić information content (AvgIpc) is 2.51. The van der Waals surface area contributed by atoms with E-state index in [0.29, 0.717) is 11.3 Å². The summed E-state index contributed by atoms with van der Waals surface area (Å²) in [5, 5.41) is 2.85. The van der Waals surface area contributed by atoms with Gasteiger partial charge in [-0.1, -0.05) is 29.8 Å². The Morgan fingerprint density at radius 2 is 1.58 bits per heavy atom. The van der Waals surface area contributed by atoms with Crippen LogP contribution in [0.25, 0.3) is 0 Å². The summed E-state index contributed by atoms with van der Waals surface area (Å²) in [6.45, 7) is 5.80. The smallest absolute Gasteiger partial charge is 0.224 e. The lowest BCUT2D eigenvalue weighted by Gasteiger charge is -2.09. The SMILES string of the molecule is Cc1ccc(S(=O)(=O)CCCC(=O)Nc2cc(C)ccc2C)cc1. The monoisotopic (exact) mass is 345 g/mol. The Balaban J connectivity index is 1.90. The van der Waals surface area contributed by atoms with Crippen LogP contribution in [0.3, 0.4) is 0 Å². The minimum absolute atomic E-state index is 0.0315. The van der Waals surface area contributed by atoms with Gasteiger partial charge in [0, 0.05) is 12.1 Å². The molecule has 0 fully saturated rings. The number of hydrogen-bond acceptors (Lipinski definition) is 3. The Hall–Kier alpha value is -2.14. The van der Waals surface area contributed by atoms with Crippen LogP contribution in [0.5, 0.6) is 0 Å². The molecule has 0 spiro atoms. The first kappa shape index (κ1) is 18.2. The van der Waals surface area contributed by atoms with Crippen molar-refractivity contribution in [2.24, 2.45) is 0 Å². The third-order valence-electron chi connectivity index (χ3n) is 3.86. The number of sulfone groups is 1. The molecule has 0 heterocycles. The van der Waals surface area contributed by atoms with E-state index in [0.717, 1.165) is 22.4 Å². The molecule has 0 saturated carbocycles. The zero-order chi connectivity index (χ0) is 17.7. The second-order valence-corrected chi connectivity index (χ2v) is 8.21. The van der Waals surface area contributed by atoms with Gasteiger partial charge in [-0.25, -0.2) is 8.42 Å². The van der Waals surface area contributed by atoms with Gasteiger partial charge < -0.3 is 5.32 Å². The van der Waals surface area contributed by atoms with Gasteiger partial charge in [-0.05, 0) is 56.5 Å². The van der Waals surface area contributed by atoms with Crippen molar-refractivity contribution in [3.05, 3.63) is 59.2 Å². The van der Waals surface area contributed by atoms with Crippen LogP contribution in [-0.4, -0.2) is 20.1 Å². The van der Waals surface area contributed by atoms with Crippen LogP contribution in [0.4, 0.5) is 5.69 Å². The highest BCUT2D eigenvalue weighted by Crippen LogP contribution is 2.17. The number of amides is 1. The molecule has 128 valence electrons. The molecule has 1 amide bonds. The van der Waals surface area contributed by atoms with E-state index in [1.165, 1.54) is 0 Å². The Morgan fingerprint density at radius 3 is 2.25 bits per heavy atom. The number of nitrogens with one attached hydrogen (secondary N) is 1. The van der Waals surface area contributed by atoms with E-state index < -0.39 is 9.84 Å². The van der Waals surface area contributed by atoms with Crippen molar-refractivity contribution in [3.63, 3.8) is 0 Å². The minimum atomic E-state index is -3.34. The van der Waals surface area contributed by atoms with E-state index in [1.807, 2.05) is 39.0 Å². The van der Waals surface area contributed by atoms with Gasteiger partial charge >= 0.3 is 0 Å².